The van der Waals surface area contributed by atoms with E-state index in [0.29, 0.717) is 19.0 Å². The number of halogens is 1. The molecule has 0 spiro atoms. The lowest BCUT2D eigenvalue weighted by Gasteiger charge is -2.18. The maximum absolute atomic E-state index is 13.6. The summed E-state index contributed by atoms with van der Waals surface area (Å²) in [6.45, 7) is 5.79. The molecule has 0 radical (unpaired) electrons. The van der Waals surface area contributed by atoms with Crippen LogP contribution in [0.3, 0.4) is 0 Å². The molecular formula is C18H25FN4O. The van der Waals surface area contributed by atoms with Crippen LogP contribution in [0.15, 0.2) is 47.7 Å². The summed E-state index contributed by atoms with van der Waals surface area (Å²) in [4.78, 5) is 4.55. The van der Waals surface area contributed by atoms with Gasteiger partial charge in [-0.2, -0.15) is 0 Å². The fourth-order valence-corrected chi connectivity index (χ4v) is 2.21. The average molecular weight is 332 g/mol. The van der Waals surface area contributed by atoms with Crippen molar-refractivity contribution in [2.24, 2.45) is 12.0 Å². The number of benzene rings is 1. The van der Waals surface area contributed by atoms with Crippen LogP contribution >= 0.6 is 0 Å². The summed E-state index contributed by atoms with van der Waals surface area (Å²) in [5, 5.41) is 6.41. The number of aromatic nitrogens is 1. The Balaban J connectivity index is 1.87. The summed E-state index contributed by atoms with van der Waals surface area (Å²) in [6, 6.07) is 8.45. The third-order valence-electron chi connectivity index (χ3n) is 3.38. The first-order chi connectivity index (χ1) is 11.6. The molecule has 2 N–H and O–H groups in total. The fraction of sp³-hybridized carbons (Fsp3) is 0.389. The smallest absolute Gasteiger partial charge is 0.191 e. The summed E-state index contributed by atoms with van der Waals surface area (Å²) in [5.41, 5.74) is 1.14. The first kappa shape index (κ1) is 17.8. The second-order valence-corrected chi connectivity index (χ2v) is 5.62. The molecule has 0 amide bonds. The number of rotatable bonds is 7. The van der Waals surface area contributed by atoms with Gasteiger partial charge >= 0.3 is 0 Å². The van der Waals surface area contributed by atoms with Gasteiger partial charge in [0.25, 0.3) is 0 Å². The lowest BCUT2D eigenvalue weighted by Crippen LogP contribution is -2.41. The summed E-state index contributed by atoms with van der Waals surface area (Å²) < 4.78 is 21.2. The van der Waals surface area contributed by atoms with E-state index in [1.165, 1.54) is 6.07 Å². The molecule has 0 bridgehead atoms. The Labute approximate surface area is 142 Å². The largest absolute Gasteiger partial charge is 0.486 e. The van der Waals surface area contributed by atoms with Gasteiger partial charge in [-0.05, 0) is 37.6 Å². The van der Waals surface area contributed by atoms with Gasteiger partial charge in [-0.1, -0.05) is 12.1 Å². The molecule has 0 aliphatic heterocycles. The van der Waals surface area contributed by atoms with Crippen molar-refractivity contribution in [3.05, 3.63) is 54.1 Å². The third kappa shape index (κ3) is 5.61. The molecule has 1 heterocycles. The molecule has 0 saturated heterocycles. The highest BCUT2D eigenvalue weighted by Gasteiger charge is 2.08. The molecule has 24 heavy (non-hydrogen) atoms. The lowest BCUT2D eigenvalue weighted by molar-refractivity contribution is 0.214. The minimum Gasteiger partial charge on any atom is -0.486 e. The standard InChI is InChI=1S/C18H25FN4O/c1-4-20-18(22-12-15-9-10-23(3)13-15)21-11-14(2)24-17-8-6-5-7-16(17)19/h5-10,13-14H,4,11-12H2,1-3H3,(H2,20,21,22). The van der Waals surface area contributed by atoms with E-state index < -0.39 is 0 Å². The molecular weight excluding hydrogens is 307 g/mol. The number of ether oxygens (including phenoxy) is 1. The minimum absolute atomic E-state index is 0.192. The van der Waals surface area contributed by atoms with Crippen molar-refractivity contribution in [3.8, 4) is 5.75 Å². The van der Waals surface area contributed by atoms with Crippen LogP contribution < -0.4 is 15.4 Å². The van der Waals surface area contributed by atoms with Gasteiger partial charge in [-0.15, -0.1) is 0 Å². The van der Waals surface area contributed by atoms with Gasteiger partial charge in [0.1, 0.15) is 6.10 Å². The Hall–Kier alpha value is -2.50. The highest BCUT2D eigenvalue weighted by Crippen LogP contribution is 2.16. The molecule has 6 heteroatoms. The maximum Gasteiger partial charge on any atom is 0.191 e. The van der Waals surface area contributed by atoms with Crippen LogP contribution in [0.25, 0.3) is 0 Å². The first-order valence-electron chi connectivity index (χ1n) is 8.12. The summed E-state index contributed by atoms with van der Waals surface area (Å²) in [7, 11) is 1.98. The second-order valence-electron chi connectivity index (χ2n) is 5.62. The van der Waals surface area contributed by atoms with E-state index in [1.807, 2.05) is 43.9 Å². The lowest BCUT2D eigenvalue weighted by atomic mass is 10.3. The van der Waals surface area contributed by atoms with Crippen molar-refractivity contribution in [2.45, 2.75) is 26.5 Å². The van der Waals surface area contributed by atoms with Crippen LogP contribution in [0, 0.1) is 5.82 Å². The highest BCUT2D eigenvalue weighted by atomic mass is 19.1. The third-order valence-corrected chi connectivity index (χ3v) is 3.38. The number of hydrogen-bond acceptors (Lipinski definition) is 2. The van der Waals surface area contributed by atoms with Gasteiger partial charge in [-0.3, -0.25) is 0 Å². The van der Waals surface area contributed by atoms with Crippen LogP contribution in [0.2, 0.25) is 0 Å². The molecule has 2 rings (SSSR count). The van der Waals surface area contributed by atoms with Crippen LogP contribution in [0.4, 0.5) is 4.39 Å². The van der Waals surface area contributed by atoms with Crippen LogP contribution in [0.1, 0.15) is 19.4 Å². The van der Waals surface area contributed by atoms with E-state index in [-0.39, 0.29) is 17.7 Å². The molecule has 1 aromatic heterocycles. The zero-order valence-electron chi connectivity index (χ0n) is 14.4. The van der Waals surface area contributed by atoms with Crippen molar-refractivity contribution in [1.82, 2.24) is 15.2 Å². The number of nitrogens with one attached hydrogen (secondary N) is 2. The maximum atomic E-state index is 13.6. The Morgan fingerprint density at radius 3 is 2.75 bits per heavy atom. The van der Waals surface area contributed by atoms with Gasteiger partial charge in [0.15, 0.2) is 17.5 Å². The summed E-state index contributed by atoms with van der Waals surface area (Å²) >= 11 is 0. The molecule has 0 aliphatic carbocycles. The first-order valence-corrected chi connectivity index (χ1v) is 8.12. The zero-order chi connectivity index (χ0) is 17.4. The normalized spacial score (nSPS) is 12.8. The number of guanidine groups is 1. The van der Waals surface area contributed by atoms with E-state index in [1.54, 1.807) is 18.2 Å². The van der Waals surface area contributed by atoms with E-state index in [9.17, 15) is 4.39 Å². The van der Waals surface area contributed by atoms with Crippen molar-refractivity contribution in [2.75, 3.05) is 13.1 Å². The Kier molecular flexibility index (Phi) is 6.66. The number of para-hydroxylation sites is 1. The molecule has 1 atom stereocenters. The molecule has 1 unspecified atom stereocenters. The van der Waals surface area contributed by atoms with E-state index in [0.717, 1.165) is 12.1 Å². The second kappa shape index (κ2) is 8.96. The SMILES string of the molecule is CCNC(=NCc1ccn(C)c1)NCC(C)Oc1ccccc1F. The van der Waals surface area contributed by atoms with E-state index in [4.69, 9.17) is 4.74 Å². The van der Waals surface area contributed by atoms with Gasteiger partial charge in [0.05, 0.1) is 13.1 Å². The Bertz CT molecular complexity index is 669. The monoisotopic (exact) mass is 332 g/mol. The van der Waals surface area contributed by atoms with Gasteiger partial charge in [-0.25, -0.2) is 9.38 Å². The fourth-order valence-electron chi connectivity index (χ4n) is 2.21. The van der Waals surface area contributed by atoms with Crippen molar-refractivity contribution < 1.29 is 9.13 Å². The zero-order valence-corrected chi connectivity index (χ0v) is 14.4. The molecule has 1 aromatic carbocycles. The average Bonchev–Trinajstić information content (AvgIpc) is 2.98. The quantitative estimate of drug-likeness (QED) is 0.605. The predicted octanol–water partition coefficient (Wildman–Crippen LogP) is 2.69. The number of aliphatic imine (C=N–C) groups is 1. The molecule has 5 nitrogen and oxygen atoms in total. The van der Waals surface area contributed by atoms with Crippen LogP contribution in [-0.4, -0.2) is 29.7 Å². The topological polar surface area (TPSA) is 50.6 Å². The van der Waals surface area contributed by atoms with Gasteiger partial charge in [0, 0.05) is 26.0 Å². The molecule has 0 fully saturated rings. The minimum atomic E-state index is -0.353. The Morgan fingerprint density at radius 2 is 2.08 bits per heavy atom. The van der Waals surface area contributed by atoms with E-state index >= 15 is 0 Å². The molecule has 130 valence electrons. The van der Waals surface area contributed by atoms with Crippen LogP contribution in [0.5, 0.6) is 5.75 Å². The van der Waals surface area contributed by atoms with E-state index in [2.05, 4.69) is 15.6 Å². The van der Waals surface area contributed by atoms with Crippen LogP contribution in [-0.2, 0) is 13.6 Å². The molecule has 2 aromatic rings. The molecule has 0 saturated carbocycles. The van der Waals surface area contributed by atoms with Crippen molar-refractivity contribution >= 4 is 5.96 Å². The number of hydrogen-bond donors (Lipinski definition) is 2. The summed E-state index contributed by atoms with van der Waals surface area (Å²) in [6.07, 6.45) is 3.84. The molecule has 0 aliphatic rings. The number of nitrogens with zero attached hydrogens (tertiary/aromatic N) is 2. The van der Waals surface area contributed by atoms with Crippen molar-refractivity contribution in [1.29, 1.82) is 0 Å². The highest BCUT2D eigenvalue weighted by molar-refractivity contribution is 5.79. The Morgan fingerprint density at radius 1 is 1.29 bits per heavy atom. The van der Waals surface area contributed by atoms with Gasteiger partial charge < -0.3 is 19.9 Å². The summed E-state index contributed by atoms with van der Waals surface area (Å²) in [5.74, 6) is 0.623. The van der Waals surface area contributed by atoms with Crippen molar-refractivity contribution in [3.63, 3.8) is 0 Å². The number of aryl methyl sites for hydroxylation is 1. The predicted molar refractivity (Wildman–Crippen MR) is 94.7 cm³/mol. The van der Waals surface area contributed by atoms with Gasteiger partial charge in [0.2, 0.25) is 0 Å².